The normalized spacial score (nSPS) is 16.1. The van der Waals surface area contributed by atoms with Crippen LogP contribution in [0.5, 0.6) is 0 Å². The van der Waals surface area contributed by atoms with Gasteiger partial charge in [-0.3, -0.25) is 9.88 Å². The third-order valence-corrected chi connectivity index (χ3v) is 5.40. The summed E-state index contributed by atoms with van der Waals surface area (Å²) in [5.41, 5.74) is 6.28. The quantitative estimate of drug-likeness (QED) is 0.684. The molecule has 2 aromatic heterocycles. The molecule has 1 fully saturated rings. The van der Waals surface area contributed by atoms with E-state index in [1.54, 1.807) is 0 Å². The molecule has 0 radical (unpaired) electrons. The first kappa shape index (κ1) is 18.7. The summed E-state index contributed by atoms with van der Waals surface area (Å²) >= 11 is 0. The van der Waals surface area contributed by atoms with Crippen molar-refractivity contribution in [2.45, 2.75) is 26.8 Å². The number of morpholine rings is 1. The van der Waals surface area contributed by atoms with Gasteiger partial charge in [-0.25, -0.2) is 9.97 Å². The zero-order valence-corrected chi connectivity index (χ0v) is 16.7. The molecule has 1 atom stereocenters. The molecule has 5 heteroatoms. The second-order valence-corrected chi connectivity index (χ2v) is 7.30. The lowest BCUT2D eigenvalue weighted by molar-refractivity contribution is 0.0198. The molecule has 0 amide bonds. The van der Waals surface area contributed by atoms with Crippen LogP contribution in [0.25, 0.3) is 22.6 Å². The maximum absolute atomic E-state index is 5.46. The zero-order valence-electron chi connectivity index (χ0n) is 16.7. The second-order valence-electron chi connectivity index (χ2n) is 7.30. The summed E-state index contributed by atoms with van der Waals surface area (Å²) in [5, 5.41) is 0. The molecule has 0 spiro atoms. The van der Waals surface area contributed by atoms with Crippen LogP contribution in [0.2, 0.25) is 0 Å². The summed E-state index contributed by atoms with van der Waals surface area (Å²) in [7, 11) is 0. The molecule has 0 N–H and O–H groups in total. The van der Waals surface area contributed by atoms with Crippen LogP contribution in [0.3, 0.4) is 0 Å². The van der Waals surface area contributed by atoms with E-state index in [1.807, 2.05) is 32.2 Å². The van der Waals surface area contributed by atoms with Gasteiger partial charge in [0.05, 0.1) is 18.9 Å². The highest BCUT2D eigenvalue weighted by Gasteiger charge is 2.18. The third-order valence-electron chi connectivity index (χ3n) is 5.40. The van der Waals surface area contributed by atoms with Crippen LogP contribution in [0.15, 0.2) is 48.7 Å². The molecule has 144 valence electrons. The first-order valence-electron chi connectivity index (χ1n) is 9.81. The summed E-state index contributed by atoms with van der Waals surface area (Å²) in [6.07, 6.45) is 1.82. The molecular weight excluding hydrogens is 348 g/mol. The molecule has 3 aromatic rings. The highest BCUT2D eigenvalue weighted by atomic mass is 16.5. The molecule has 0 saturated carbocycles. The predicted octanol–water partition coefficient (Wildman–Crippen LogP) is 4.22. The molecule has 1 aliphatic heterocycles. The molecule has 5 nitrogen and oxygen atoms in total. The highest BCUT2D eigenvalue weighted by molar-refractivity contribution is 5.65. The minimum Gasteiger partial charge on any atom is -0.379 e. The van der Waals surface area contributed by atoms with Crippen LogP contribution in [0.1, 0.15) is 29.9 Å². The van der Waals surface area contributed by atoms with E-state index >= 15 is 0 Å². The van der Waals surface area contributed by atoms with Crippen LogP contribution in [0.4, 0.5) is 0 Å². The van der Waals surface area contributed by atoms with Gasteiger partial charge in [0.2, 0.25) is 0 Å². The van der Waals surface area contributed by atoms with E-state index < -0.39 is 0 Å². The monoisotopic (exact) mass is 374 g/mol. The lowest BCUT2D eigenvalue weighted by Crippen LogP contribution is -2.37. The molecule has 1 saturated heterocycles. The number of hydrogen-bond donors (Lipinski definition) is 0. The van der Waals surface area contributed by atoms with Gasteiger partial charge >= 0.3 is 0 Å². The molecule has 1 aromatic carbocycles. The van der Waals surface area contributed by atoms with Crippen molar-refractivity contribution >= 4 is 0 Å². The smallest absolute Gasteiger partial charge is 0.159 e. The lowest BCUT2D eigenvalue weighted by Gasteiger charge is -2.32. The molecule has 28 heavy (non-hydrogen) atoms. The average molecular weight is 374 g/mol. The number of aryl methyl sites for hydroxylation is 2. The van der Waals surface area contributed by atoms with Crippen LogP contribution >= 0.6 is 0 Å². The molecular formula is C23H26N4O. The summed E-state index contributed by atoms with van der Waals surface area (Å²) in [6.45, 7) is 9.88. The Hall–Kier alpha value is -2.63. The van der Waals surface area contributed by atoms with Gasteiger partial charge in [-0.1, -0.05) is 24.3 Å². The molecule has 4 rings (SSSR count). The van der Waals surface area contributed by atoms with Crippen molar-refractivity contribution in [3.63, 3.8) is 0 Å². The van der Waals surface area contributed by atoms with Crippen LogP contribution in [-0.2, 0) is 4.74 Å². The van der Waals surface area contributed by atoms with E-state index in [4.69, 9.17) is 9.72 Å². The Kier molecular flexibility index (Phi) is 5.46. The average Bonchev–Trinajstić information content (AvgIpc) is 2.74. The van der Waals surface area contributed by atoms with Gasteiger partial charge in [-0.2, -0.15) is 0 Å². The Morgan fingerprint density at radius 1 is 0.929 bits per heavy atom. The Morgan fingerprint density at radius 2 is 1.68 bits per heavy atom. The van der Waals surface area contributed by atoms with Gasteiger partial charge in [0.15, 0.2) is 5.82 Å². The topological polar surface area (TPSA) is 51.1 Å². The third kappa shape index (κ3) is 3.96. The summed E-state index contributed by atoms with van der Waals surface area (Å²) in [4.78, 5) is 16.3. The maximum Gasteiger partial charge on any atom is 0.159 e. The van der Waals surface area contributed by atoms with E-state index in [2.05, 4.69) is 52.1 Å². The van der Waals surface area contributed by atoms with E-state index in [1.165, 1.54) is 5.56 Å². The van der Waals surface area contributed by atoms with E-state index in [9.17, 15) is 0 Å². The molecule has 3 heterocycles. The van der Waals surface area contributed by atoms with Crippen molar-refractivity contribution < 1.29 is 4.74 Å². The minimum absolute atomic E-state index is 0.381. The zero-order chi connectivity index (χ0) is 19.5. The number of rotatable bonds is 4. The SMILES string of the molecule is Cc1ccc(-c2ccnc(-c3ccc([C@H](C)N4CCOCC4)cc3)n2)c(C)n1. The molecule has 1 aliphatic rings. The molecule has 0 unspecified atom stereocenters. The Bertz CT molecular complexity index is 949. The van der Waals surface area contributed by atoms with Crippen LogP contribution in [0, 0.1) is 13.8 Å². The Labute approximate surface area is 166 Å². The first-order chi connectivity index (χ1) is 13.6. The standard InChI is InChI=1S/C23H26N4O/c1-16-4-9-21(17(2)25-16)22-10-11-24-23(26-22)20-7-5-19(6-8-20)18(3)27-12-14-28-15-13-27/h4-11,18H,12-15H2,1-3H3/t18-/m0/s1. The fraction of sp³-hybridized carbons (Fsp3) is 0.348. The number of benzene rings is 1. The summed E-state index contributed by atoms with van der Waals surface area (Å²) in [5.74, 6) is 0.739. The lowest BCUT2D eigenvalue weighted by atomic mass is 10.0. The number of hydrogen-bond acceptors (Lipinski definition) is 5. The predicted molar refractivity (Wildman–Crippen MR) is 111 cm³/mol. The van der Waals surface area contributed by atoms with Crippen LogP contribution in [-0.4, -0.2) is 46.2 Å². The van der Waals surface area contributed by atoms with E-state index in [-0.39, 0.29) is 0 Å². The summed E-state index contributed by atoms with van der Waals surface area (Å²) < 4.78 is 5.46. The maximum atomic E-state index is 5.46. The first-order valence-corrected chi connectivity index (χ1v) is 9.81. The second kappa shape index (κ2) is 8.17. The number of pyridine rings is 1. The molecule has 0 aliphatic carbocycles. The minimum atomic E-state index is 0.381. The van der Waals surface area contributed by atoms with Gasteiger partial charge in [0, 0.05) is 47.8 Å². The fourth-order valence-electron chi connectivity index (χ4n) is 3.69. The number of aromatic nitrogens is 3. The van der Waals surface area contributed by atoms with Gasteiger partial charge in [0.25, 0.3) is 0 Å². The number of nitrogens with zero attached hydrogens (tertiary/aromatic N) is 4. The van der Waals surface area contributed by atoms with E-state index in [0.717, 1.165) is 60.3 Å². The van der Waals surface area contributed by atoms with Crippen molar-refractivity contribution in [3.05, 3.63) is 65.6 Å². The van der Waals surface area contributed by atoms with E-state index in [0.29, 0.717) is 6.04 Å². The Balaban J connectivity index is 1.57. The van der Waals surface area contributed by atoms with Crippen molar-refractivity contribution in [2.75, 3.05) is 26.3 Å². The largest absolute Gasteiger partial charge is 0.379 e. The van der Waals surface area contributed by atoms with Crippen LogP contribution < -0.4 is 0 Å². The van der Waals surface area contributed by atoms with Crippen molar-refractivity contribution in [3.8, 4) is 22.6 Å². The van der Waals surface area contributed by atoms with Crippen molar-refractivity contribution in [2.24, 2.45) is 0 Å². The summed E-state index contributed by atoms with van der Waals surface area (Å²) in [6, 6.07) is 15.0. The fourth-order valence-corrected chi connectivity index (χ4v) is 3.69. The van der Waals surface area contributed by atoms with Gasteiger partial charge < -0.3 is 4.74 Å². The van der Waals surface area contributed by atoms with Gasteiger partial charge in [-0.15, -0.1) is 0 Å². The highest BCUT2D eigenvalue weighted by Crippen LogP contribution is 2.26. The van der Waals surface area contributed by atoms with Gasteiger partial charge in [0.1, 0.15) is 0 Å². The van der Waals surface area contributed by atoms with Gasteiger partial charge in [-0.05, 0) is 44.5 Å². The number of ether oxygens (including phenoxy) is 1. The Morgan fingerprint density at radius 3 is 2.39 bits per heavy atom. The van der Waals surface area contributed by atoms with Crippen molar-refractivity contribution in [1.82, 2.24) is 19.9 Å². The van der Waals surface area contributed by atoms with Crippen molar-refractivity contribution in [1.29, 1.82) is 0 Å². The molecule has 0 bridgehead atoms.